The lowest BCUT2D eigenvalue weighted by molar-refractivity contribution is 0.0773. The van der Waals surface area contributed by atoms with Gasteiger partial charge in [0.1, 0.15) is 5.75 Å². The highest BCUT2D eigenvalue weighted by atomic mass is 35.5. The summed E-state index contributed by atoms with van der Waals surface area (Å²) >= 11 is 6.25. The van der Waals surface area contributed by atoms with Crippen molar-refractivity contribution in [2.75, 3.05) is 25.0 Å². The Morgan fingerprint density at radius 3 is 2.62 bits per heavy atom. The molecule has 1 heterocycles. The van der Waals surface area contributed by atoms with Crippen molar-refractivity contribution in [2.24, 2.45) is 0 Å². The molecule has 1 N–H and O–H groups in total. The third-order valence-corrected chi connectivity index (χ3v) is 5.07. The molecule has 6 heteroatoms. The zero-order valence-corrected chi connectivity index (χ0v) is 17.8. The van der Waals surface area contributed by atoms with Crippen LogP contribution in [0.4, 0.5) is 5.69 Å². The summed E-state index contributed by atoms with van der Waals surface area (Å²) in [4.78, 5) is 19.4. The molecule has 152 valence electrons. The van der Waals surface area contributed by atoms with E-state index in [1.165, 1.54) is 0 Å². The Morgan fingerprint density at radius 1 is 1.14 bits per heavy atom. The van der Waals surface area contributed by atoms with Crippen LogP contribution in [0.25, 0.3) is 10.9 Å². The molecule has 0 radical (unpaired) electrons. The summed E-state index contributed by atoms with van der Waals surface area (Å²) in [5.74, 6) is 0.778. The normalized spacial score (nSPS) is 10.8. The predicted octanol–water partition coefficient (Wildman–Crippen LogP) is 5.38. The van der Waals surface area contributed by atoms with E-state index in [0.717, 1.165) is 27.9 Å². The molecule has 1 amide bonds. The van der Waals surface area contributed by atoms with Gasteiger partial charge in [0.15, 0.2) is 0 Å². The third-order valence-electron chi connectivity index (χ3n) is 4.84. The van der Waals surface area contributed by atoms with Crippen LogP contribution in [0.15, 0.2) is 48.7 Å². The van der Waals surface area contributed by atoms with E-state index in [4.69, 9.17) is 16.3 Å². The summed E-state index contributed by atoms with van der Waals surface area (Å²) in [7, 11) is 0. The summed E-state index contributed by atoms with van der Waals surface area (Å²) in [6, 6.07) is 13.4. The van der Waals surface area contributed by atoms with Crippen LogP contribution < -0.4 is 10.1 Å². The van der Waals surface area contributed by atoms with Gasteiger partial charge in [0, 0.05) is 41.8 Å². The minimum absolute atomic E-state index is 0.0510. The maximum Gasteiger partial charge on any atom is 0.257 e. The SMILES string of the molecule is CCOc1ccccc1CNc1c(C(=O)N(CC)CC)cnc2ccc(Cl)cc12. The van der Waals surface area contributed by atoms with Crippen LogP contribution in [0.2, 0.25) is 5.02 Å². The van der Waals surface area contributed by atoms with Crippen molar-refractivity contribution >= 4 is 34.1 Å². The number of hydrogen-bond acceptors (Lipinski definition) is 4. The van der Waals surface area contributed by atoms with E-state index in [0.29, 0.717) is 36.8 Å². The average Bonchev–Trinajstić information content (AvgIpc) is 2.73. The van der Waals surface area contributed by atoms with Gasteiger partial charge < -0.3 is 15.0 Å². The highest BCUT2D eigenvalue weighted by molar-refractivity contribution is 6.31. The fourth-order valence-corrected chi connectivity index (χ4v) is 3.50. The summed E-state index contributed by atoms with van der Waals surface area (Å²) in [6.07, 6.45) is 1.65. The zero-order chi connectivity index (χ0) is 20.8. The Labute approximate surface area is 176 Å². The smallest absolute Gasteiger partial charge is 0.257 e. The first-order valence-electron chi connectivity index (χ1n) is 9.91. The van der Waals surface area contributed by atoms with Gasteiger partial charge in [0.2, 0.25) is 0 Å². The molecule has 29 heavy (non-hydrogen) atoms. The number of benzene rings is 2. The lowest BCUT2D eigenvalue weighted by Crippen LogP contribution is -2.31. The topological polar surface area (TPSA) is 54.5 Å². The first kappa shape index (κ1) is 20.9. The van der Waals surface area contributed by atoms with Crippen LogP contribution >= 0.6 is 11.6 Å². The molecule has 0 bridgehead atoms. The van der Waals surface area contributed by atoms with Gasteiger partial charge in [-0.25, -0.2) is 0 Å². The average molecular weight is 412 g/mol. The first-order chi connectivity index (χ1) is 14.1. The van der Waals surface area contributed by atoms with Gasteiger partial charge >= 0.3 is 0 Å². The summed E-state index contributed by atoms with van der Waals surface area (Å²) < 4.78 is 5.73. The number of halogens is 1. The quantitative estimate of drug-likeness (QED) is 0.540. The largest absolute Gasteiger partial charge is 0.494 e. The molecule has 0 aliphatic heterocycles. The second kappa shape index (κ2) is 9.61. The number of nitrogens with zero attached hydrogens (tertiary/aromatic N) is 2. The Kier molecular flexibility index (Phi) is 6.94. The number of nitrogens with one attached hydrogen (secondary N) is 1. The van der Waals surface area contributed by atoms with Crippen LogP contribution in [-0.2, 0) is 6.54 Å². The molecule has 2 aromatic carbocycles. The number of aromatic nitrogens is 1. The number of hydrogen-bond donors (Lipinski definition) is 1. The minimum Gasteiger partial charge on any atom is -0.494 e. The summed E-state index contributed by atoms with van der Waals surface area (Å²) in [6.45, 7) is 8.28. The standard InChI is InChI=1S/C23H26ClN3O2/c1-4-27(5-2)23(28)19-15-25-20-12-11-17(24)13-18(20)22(19)26-14-16-9-7-8-10-21(16)29-6-3/h7-13,15H,4-6,14H2,1-3H3,(H,25,26). The Balaban J connectivity index is 2.05. The van der Waals surface area contributed by atoms with Crippen molar-refractivity contribution in [2.45, 2.75) is 27.3 Å². The van der Waals surface area contributed by atoms with Crippen molar-refractivity contribution in [1.29, 1.82) is 0 Å². The predicted molar refractivity (Wildman–Crippen MR) is 119 cm³/mol. The van der Waals surface area contributed by atoms with Crippen molar-refractivity contribution in [3.05, 3.63) is 64.8 Å². The molecule has 0 saturated heterocycles. The van der Waals surface area contributed by atoms with Crippen LogP contribution in [0.1, 0.15) is 36.7 Å². The second-order valence-electron chi connectivity index (χ2n) is 6.58. The second-order valence-corrected chi connectivity index (χ2v) is 7.02. The number of carbonyl (C=O) groups is 1. The van der Waals surface area contributed by atoms with E-state index >= 15 is 0 Å². The van der Waals surface area contributed by atoms with E-state index in [1.807, 2.05) is 57.2 Å². The summed E-state index contributed by atoms with van der Waals surface area (Å²) in [5, 5.41) is 4.88. The number of para-hydroxylation sites is 1. The molecular weight excluding hydrogens is 386 g/mol. The Hall–Kier alpha value is -2.79. The van der Waals surface area contributed by atoms with E-state index < -0.39 is 0 Å². The van der Waals surface area contributed by atoms with Crippen molar-refractivity contribution in [3.8, 4) is 5.75 Å². The maximum absolute atomic E-state index is 13.1. The van der Waals surface area contributed by atoms with Crippen LogP contribution in [0, 0.1) is 0 Å². The fraction of sp³-hybridized carbons (Fsp3) is 0.304. The summed E-state index contributed by atoms with van der Waals surface area (Å²) in [5.41, 5.74) is 3.08. The molecule has 0 aliphatic rings. The monoisotopic (exact) mass is 411 g/mol. The van der Waals surface area contributed by atoms with Crippen molar-refractivity contribution < 1.29 is 9.53 Å². The van der Waals surface area contributed by atoms with E-state index in [1.54, 1.807) is 17.2 Å². The van der Waals surface area contributed by atoms with Crippen LogP contribution in [0.3, 0.4) is 0 Å². The molecule has 0 aliphatic carbocycles. The highest BCUT2D eigenvalue weighted by Crippen LogP contribution is 2.30. The minimum atomic E-state index is -0.0510. The number of rotatable bonds is 8. The van der Waals surface area contributed by atoms with Crippen molar-refractivity contribution in [1.82, 2.24) is 9.88 Å². The van der Waals surface area contributed by atoms with Gasteiger partial charge in [-0.3, -0.25) is 9.78 Å². The maximum atomic E-state index is 13.1. The number of amides is 1. The third kappa shape index (κ3) is 4.62. The van der Waals surface area contributed by atoms with Gasteiger partial charge in [-0.2, -0.15) is 0 Å². The zero-order valence-electron chi connectivity index (χ0n) is 17.0. The van der Waals surface area contributed by atoms with E-state index in [2.05, 4.69) is 10.3 Å². The molecule has 3 aromatic rings. The number of ether oxygens (including phenoxy) is 1. The molecule has 0 saturated carbocycles. The molecule has 5 nitrogen and oxygen atoms in total. The fourth-order valence-electron chi connectivity index (χ4n) is 3.33. The van der Waals surface area contributed by atoms with Gasteiger partial charge in [0.25, 0.3) is 5.91 Å². The molecule has 0 unspecified atom stereocenters. The molecule has 1 aromatic heterocycles. The number of fused-ring (bicyclic) bond motifs is 1. The van der Waals surface area contributed by atoms with Gasteiger partial charge in [-0.1, -0.05) is 29.8 Å². The number of anilines is 1. The van der Waals surface area contributed by atoms with E-state index in [9.17, 15) is 4.79 Å². The van der Waals surface area contributed by atoms with Gasteiger partial charge in [-0.05, 0) is 45.0 Å². The van der Waals surface area contributed by atoms with Crippen LogP contribution in [0.5, 0.6) is 5.75 Å². The Bertz CT molecular complexity index is 1000. The highest BCUT2D eigenvalue weighted by Gasteiger charge is 2.20. The van der Waals surface area contributed by atoms with Gasteiger partial charge in [0.05, 0.1) is 23.4 Å². The number of carbonyl (C=O) groups excluding carboxylic acids is 1. The van der Waals surface area contributed by atoms with Crippen LogP contribution in [-0.4, -0.2) is 35.5 Å². The molecule has 3 rings (SSSR count). The molecule has 0 fully saturated rings. The Morgan fingerprint density at radius 2 is 1.90 bits per heavy atom. The van der Waals surface area contributed by atoms with Gasteiger partial charge in [-0.15, -0.1) is 0 Å². The molecule has 0 spiro atoms. The lowest BCUT2D eigenvalue weighted by Gasteiger charge is -2.22. The first-order valence-corrected chi connectivity index (χ1v) is 10.3. The van der Waals surface area contributed by atoms with Crippen molar-refractivity contribution in [3.63, 3.8) is 0 Å². The molecule has 0 atom stereocenters. The number of pyridine rings is 1. The molecular formula is C23H26ClN3O2. The van der Waals surface area contributed by atoms with E-state index in [-0.39, 0.29) is 5.91 Å². The lowest BCUT2D eigenvalue weighted by atomic mass is 10.1.